The highest BCUT2D eigenvalue weighted by atomic mass is 28.4. The molecule has 0 spiro atoms. The van der Waals surface area contributed by atoms with Crippen LogP contribution >= 0.6 is 0 Å². The molecule has 1 saturated carbocycles. The summed E-state index contributed by atoms with van der Waals surface area (Å²) in [6.45, 7) is 26.8. The first kappa shape index (κ1) is 30.3. The third kappa shape index (κ3) is 8.27. The van der Waals surface area contributed by atoms with E-state index >= 15 is 0 Å². The molecular formula is C29H52O4Si2. The lowest BCUT2D eigenvalue weighted by atomic mass is 9.90. The predicted molar refractivity (Wildman–Crippen MR) is 153 cm³/mol. The minimum absolute atomic E-state index is 0.0808. The second kappa shape index (κ2) is 11.6. The maximum absolute atomic E-state index is 12.7. The van der Waals surface area contributed by atoms with Gasteiger partial charge in [0.1, 0.15) is 6.10 Å². The molecule has 0 radical (unpaired) electrons. The van der Waals surface area contributed by atoms with Gasteiger partial charge in [0.15, 0.2) is 16.6 Å². The standard InChI is InChI=1S/C29H52O4Si2/c1-12-23-17-15-13-14-16-22-20-24(32-34(8,9)28(2,3)4)21-25(22)26(18-19-27(30)31-23)33-35(10,11)29(5,6)7/h12,14,16,18-19,22-26H,1,13,15,17,20-21H2,2-11H3/b16-14+,19-18+/t22-,23+,24+,25-,26-/m1/s1. The fourth-order valence-electron chi connectivity index (χ4n) is 4.42. The van der Waals surface area contributed by atoms with E-state index in [4.69, 9.17) is 13.6 Å². The number of esters is 1. The van der Waals surface area contributed by atoms with Crippen LogP contribution in [0.15, 0.2) is 37.0 Å². The van der Waals surface area contributed by atoms with Crippen LogP contribution in [-0.2, 0) is 18.4 Å². The van der Waals surface area contributed by atoms with Crippen molar-refractivity contribution in [3.8, 4) is 0 Å². The summed E-state index contributed by atoms with van der Waals surface area (Å²) in [7, 11) is -3.95. The van der Waals surface area contributed by atoms with Crippen molar-refractivity contribution in [3.05, 3.63) is 37.0 Å². The second-order valence-electron chi connectivity index (χ2n) is 13.6. The largest absolute Gasteiger partial charge is 0.455 e. The lowest BCUT2D eigenvalue weighted by Crippen LogP contribution is -2.46. The Labute approximate surface area is 217 Å². The molecule has 0 aromatic carbocycles. The first-order valence-corrected chi connectivity index (χ1v) is 19.3. The molecule has 0 aromatic heterocycles. The smallest absolute Gasteiger partial charge is 0.331 e. The van der Waals surface area contributed by atoms with Gasteiger partial charge in [0, 0.05) is 12.2 Å². The Kier molecular flexibility index (Phi) is 10.0. The normalized spacial score (nSPS) is 31.4. The average molecular weight is 521 g/mol. The van der Waals surface area contributed by atoms with Crippen LogP contribution in [0.25, 0.3) is 0 Å². The zero-order valence-corrected chi connectivity index (χ0v) is 26.1. The van der Waals surface area contributed by atoms with Gasteiger partial charge in [0.05, 0.1) is 6.10 Å². The molecule has 1 heterocycles. The Balaban J connectivity index is 2.41. The van der Waals surface area contributed by atoms with Crippen molar-refractivity contribution in [3.63, 3.8) is 0 Å². The average Bonchev–Trinajstić information content (AvgIpc) is 3.09. The third-order valence-corrected chi connectivity index (χ3v) is 17.8. The molecule has 35 heavy (non-hydrogen) atoms. The molecule has 1 fully saturated rings. The second-order valence-corrected chi connectivity index (χ2v) is 23.1. The van der Waals surface area contributed by atoms with E-state index in [0.29, 0.717) is 5.92 Å². The molecule has 4 nitrogen and oxygen atoms in total. The summed E-state index contributed by atoms with van der Waals surface area (Å²) in [6, 6.07) is 0. The predicted octanol–water partition coefficient (Wildman–Crippen LogP) is 8.19. The SMILES string of the molecule is C=C[C@H]1CCC/C=C/[C@@H]2C[C@H](O[Si](C)(C)C(C)(C)C)C[C@H]2[C@H](O[Si](C)(C)C(C)(C)C)/C=C/C(=O)O1. The van der Waals surface area contributed by atoms with Crippen LogP contribution in [-0.4, -0.2) is 40.9 Å². The topological polar surface area (TPSA) is 44.8 Å². The van der Waals surface area contributed by atoms with Gasteiger partial charge in [-0.1, -0.05) is 66.3 Å². The first-order chi connectivity index (χ1) is 16.0. The summed E-state index contributed by atoms with van der Waals surface area (Å²) < 4.78 is 19.5. The van der Waals surface area contributed by atoms with E-state index in [1.165, 1.54) is 0 Å². The Morgan fingerprint density at radius 2 is 1.57 bits per heavy atom. The Morgan fingerprint density at radius 1 is 0.971 bits per heavy atom. The summed E-state index contributed by atoms with van der Waals surface area (Å²) in [6.07, 6.45) is 14.5. The third-order valence-electron chi connectivity index (χ3n) is 8.74. The van der Waals surface area contributed by atoms with Crippen molar-refractivity contribution in [2.24, 2.45) is 11.8 Å². The van der Waals surface area contributed by atoms with E-state index in [0.717, 1.165) is 32.1 Å². The molecule has 5 atom stereocenters. The van der Waals surface area contributed by atoms with Crippen molar-refractivity contribution in [1.82, 2.24) is 0 Å². The van der Waals surface area contributed by atoms with Gasteiger partial charge in [-0.25, -0.2) is 4.79 Å². The molecule has 1 aliphatic carbocycles. The number of carbonyl (C=O) groups is 1. The lowest BCUT2D eigenvalue weighted by molar-refractivity contribution is -0.141. The maximum Gasteiger partial charge on any atom is 0.331 e. The number of carbonyl (C=O) groups excluding carboxylic acids is 1. The monoisotopic (exact) mass is 520 g/mol. The molecule has 0 amide bonds. The molecule has 0 saturated heterocycles. The van der Waals surface area contributed by atoms with Crippen LogP contribution in [0, 0.1) is 11.8 Å². The van der Waals surface area contributed by atoms with Gasteiger partial charge in [-0.05, 0) is 86.3 Å². The molecule has 200 valence electrons. The Hall–Kier alpha value is -0.956. The van der Waals surface area contributed by atoms with Crippen LogP contribution in [0.3, 0.4) is 0 Å². The van der Waals surface area contributed by atoms with E-state index in [-0.39, 0.29) is 40.3 Å². The number of rotatable bonds is 5. The highest BCUT2D eigenvalue weighted by molar-refractivity contribution is 6.74. The fraction of sp³-hybridized carbons (Fsp3) is 0.759. The zero-order chi connectivity index (χ0) is 26.7. The minimum Gasteiger partial charge on any atom is -0.455 e. The molecule has 0 bridgehead atoms. The Bertz CT molecular complexity index is 785. The highest BCUT2D eigenvalue weighted by Gasteiger charge is 2.46. The van der Waals surface area contributed by atoms with Crippen LogP contribution < -0.4 is 0 Å². The summed E-state index contributed by atoms with van der Waals surface area (Å²) in [5.41, 5.74) is 0. The van der Waals surface area contributed by atoms with Gasteiger partial charge in [0.25, 0.3) is 0 Å². The van der Waals surface area contributed by atoms with Gasteiger partial charge in [-0.15, -0.1) is 0 Å². The Morgan fingerprint density at radius 3 is 2.14 bits per heavy atom. The van der Waals surface area contributed by atoms with E-state index in [2.05, 4.69) is 86.5 Å². The van der Waals surface area contributed by atoms with E-state index in [9.17, 15) is 4.79 Å². The van der Waals surface area contributed by atoms with Crippen molar-refractivity contribution in [2.45, 2.75) is 128 Å². The van der Waals surface area contributed by atoms with Gasteiger partial charge >= 0.3 is 5.97 Å². The van der Waals surface area contributed by atoms with Crippen LogP contribution in [0.1, 0.15) is 73.6 Å². The van der Waals surface area contributed by atoms with Crippen molar-refractivity contribution in [1.29, 1.82) is 0 Å². The van der Waals surface area contributed by atoms with Gasteiger partial charge in [-0.2, -0.15) is 0 Å². The van der Waals surface area contributed by atoms with Crippen LogP contribution in [0.5, 0.6) is 0 Å². The van der Waals surface area contributed by atoms with Crippen molar-refractivity contribution < 1.29 is 18.4 Å². The van der Waals surface area contributed by atoms with E-state index < -0.39 is 16.6 Å². The molecular weight excluding hydrogens is 468 g/mol. The number of hydrogen-bond donors (Lipinski definition) is 0. The number of ether oxygens (including phenoxy) is 1. The van der Waals surface area contributed by atoms with Crippen molar-refractivity contribution in [2.75, 3.05) is 0 Å². The number of hydrogen-bond acceptors (Lipinski definition) is 4. The molecule has 1 aliphatic heterocycles. The lowest BCUT2D eigenvalue weighted by Gasteiger charge is -2.41. The van der Waals surface area contributed by atoms with Crippen molar-refractivity contribution >= 4 is 22.6 Å². The maximum atomic E-state index is 12.7. The minimum atomic E-state index is -2.07. The zero-order valence-electron chi connectivity index (χ0n) is 24.1. The number of cyclic esters (lactones) is 1. The van der Waals surface area contributed by atoms with Gasteiger partial charge in [0.2, 0.25) is 0 Å². The van der Waals surface area contributed by atoms with Gasteiger partial charge < -0.3 is 13.6 Å². The number of allylic oxidation sites excluding steroid dienone is 2. The fourth-order valence-corrected chi connectivity index (χ4v) is 7.09. The highest BCUT2D eigenvalue weighted by Crippen LogP contribution is 2.46. The molecule has 2 rings (SSSR count). The molecule has 6 heteroatoms. The quantitative estimate of drug-likeness (QED) is 0.208. The number of fused-ring (bicyclic) bond motifs is 1. The van der Waals surface area contributed by atoms with E-state index in [1.54, 1.807) is 12.2 Å². The van der Waals surface area contributed by atoms with Crippen LogP contribution in [0.4, 0.5) is 0 Å². The summed E-state index contributed by atoms with van der Waals surface area (Å²) >= 11 is 0. The first-order valence-electron chi connectivity index (χ1n) is 13.5. The molecule has 0 aromatic rings. The molecule has 2 aliphatic rings. The molecule has 0 N–H and O–H groups in total. The van der Waals surface area contributed by atoms with Gasteiger partial charge in [-0.3, -0.25) is 0 Å². The van der Waals surface area contributed by atoms with E-state index in [1.807, 2.05) is 6.08 Å². The summed E-state index contributed by atoms with van der Waals surface area (Å²) in [5, 5.41) is 0.257. The summed E-state index contributed by atoms with van der Waals surface area (Å²) in [5.74, 6) is 0.334. The molecule has 0 unspecified atom stereocenters. The van der Waals surface area contributed by atoms with Crippen LogP contribution in [0.2, 0.25) is 36.3 Å². The summed E-state index contributed by atoms with van der Waals surface area (Å²) in [4.78, 5) is 12.7.